The normalized spacial score (nSPS) is 12.2. The molecule has 8 nitrogen and oxygen atoms in total. The van der Waals surface area contributed by atoms with Crippen LogP contribution in [0.5, 0.6) is 5.75 Å². The number of ether oxygens (including phenoxy) is 1. The van der Waals surface area contributed by atoms with E-state index < -0.39 is 16.1 Å². The molecule has 37 heavy (non-hydrogen) atoms. The minimum atomic E-state index is -3.64. The van der Waals surface area contributed by atoms with Crippen LogP contribution >= 0.6 is 23.2 Å². The van der Waals surface area contributed by atoms with Crippen molar-refractivity contribution in [1.29, 1.82) is 0 Å². The van der Waals surface area contributed by atoms with Gasteiger partial charge in [-0.25, -0.2) is 8.42 Å². The highest BCUT2D eigenvalue weighted by Crippen LogP contribution is 2.30. The first-order valence-corrected chi connectivity index (χ1v) is 14.6. The van der Waals surface area contributed by atoms with Crippen LogP contribution < -0.4 is 14.4 Å². The van der Waals surface area contributed by atoms with Gasteiger partial charge in [-0.05, 0) is 55.2 Å². The van der Waals surface area contributed by atoms with Gasteiger partial charge in [-0.15, -0.1) is 0 Å². The molecule has 0 saturated heterocycles. The first-order chi connectivity index (χ1) is 17.3. The first-order valence-electron chi connectivity index (χ1n) is 12.0. The predicted octanol–water partition coefficient (Wildman–Crippen LogP) is 4.74. The minimum absolute atomic E-state index is 0.0400. The SMILES string of the molecule is COc1ccc(N(CCCC(=O)N(Cc2cccc(Cl)c2)C(C)C(=O)NCC(C)C)S(C)(=O)=O)cc1Cl. The lowest BCUT2D eigenvalue weighted by Gasteiger charge is -2.29. The van der Waals surface area contributed by atoms with E-state index in [1.165, 1.54) is 22.4 Å². The van der Waals surface area contributed by atoms with Gasteiger partial charge in [0.2, 0.25) is 21.8 Å². The molecule has 1 atom stereocenters. The molecule has 0 bridgehead atoms. The number of halogens is 2. The Labute approximate surface area is 229 Å². The smallest absolute Gasteiger partial charge is 0.242 e. The van der Waals surface area contributed by atoms with Gasteiger partial charge in [0.1, 0.15) is 11.8 Å². The Balaban J connectivity index is 2.18. The average molecular weight is 573 g/mol. The fourth-order valence-electron chi connectivity index (χ4n) is 3.68. The van der Waals surface area contributed by atoms with Crippen LogP contribution in [0.15, 0.2) is 42.5 Å². The van der Waals surface area contributed by atoms with E-state index in [1.807, 2.05) is 19.9 Å². The number of nitrogens with zero attached hydrogens (tertiary/aromatic N) is 2. The van der Waals surface area contributed by atoms with Crippen LogP contribution in [0.1, 0.15) is 39.2 Å². The van der Waals surface area contributed by atoms with Crippen LogP contribution in [0, 0.1) is 5.92 Å². The van der Waals surface area contributed by atoms with Gasteiger partial charge in [0.15, 0.2) is 0 Å². The molecule has 2 aromatic carbocycles. The van der Waals surface area contributed by atoms with Crippen molar-refractivity contribution < 1.29 is 22.7 Å². The Bertz CT molecular complexity index is 1190. The molecule has 1 N–H and O–H groups in total. The second-order valence-electron chi connectivity index (χ2n) is 9.22. The van der Waals surface area contributed by atoms with Crippen LogP contribution in [-0.2, 0) is 26.2 Å². The van der Waals surface area contributed by atoms with Gasteiger partial charge in [-0.3, -0.25) is 13.9 Å². The number of hydrogen-bond donors (Lipinski definition) is 1. The molecule has 0 heterocycles. The van der Waals surface area contributed by atoms with E-state index in [1.54, 1.807) is 37.3 Å². The first kappa shape index (κ1) is 30.7. The molecule has 0 saturated carbocycles. The number of anilines is 1. The fraction of sp³-hybridized carbons (Fsp3) is 0.462. The van der Waals surface area contributed by atoms with Crippen molar-refractivity contribution in [2.45, 2.75) is 46.2 Å². The third kappa shape index (κ3) is 9.39. The number of carbonyl (C=O) groups excluding carboxylic acids is 2. The van der Waals surface area contributed by atoms with Gasteiger partial charge in [0, 0.05) is 31.1 Å². The van der Waals surface area contributed by atoms with Crippen molar-refractivity contribution in [3.63, 3.8) is 0 Å². The van der Waals surface area contributed by atoms with E-state index in [-0.39, 0.29) is 48.7 Å². The standard InChI is InChI=1S/C26H35Cl2N3O5S/c1-18(2)16-29-26(33)19(3)30(17-20-8-6-9-21(27)14-20)25(32)10-7-13-31(37(5,34)35)22-11-12-24(36-4)23(28)15-22/h6,8-9,11-12,14-15,18-19H,7,10,13,16-17H2,1-5H3,(H,29,33). The van der Waals surface area contributed by atoms with Gasteiger partial charge < -0.3 is 15.0 Å². The van der Waals surface area contributed by atoms with Crippen LogP contribution in [-0.4, -0.2) is 57.6 Å². The van der Waals surface area contributed by atoms with E-state index in [0.717, 1.165) is 11.8 Å². The maximum atomic E-state index is 13.3. The van der Waals surface area contributed by atoms with E-state index in [9.17, 15) is 18.0 Å². The summed E-state index contributed by atoms with van der Waals surface area (Å²) in [5.41, 5.74) is 1.16. The molecule has 0 aromatic heterocycles. The summed E-state index contributed by atoms with van der Waals surface area (Å²) in [6, 6.07) is 11.1. The van der Waals surface area contributed by atoms with Gasteiger partial charge in [-0.1, -0.05) is 49.2 Å². The lowest BCUT2D eigenvalue weighted by molar-refractivity contribution is -0.140. The zero-order valence-corrected chi connectivity index (χ0v) is 24.2. The molecule has 0 radical (unpaired) electrons. The highest BCUT2D eigenvalue weighted by atomic mass is 35.5. The maximum Gasteiger partial charge on any atom is 0.242 e. The predicted molar refractivity (Wildman–Crippen MR) is 149 cm³/mol. The summed E-state index contributed by atoms with van der Waals surface area (Å²) in [5.74, 6) is 0.167. The number of sulfonamides is 1. The summed E-state index contributed by atoms with van der Waals surface area (Å²) >= 11 is 12.3. The Kier molecular flexibility index (Phi) is 11.5. The number of methoxy groups -OCH3 is 1. The molecule has 0 aliphatic heterocycles. The van der Waals surface area contributed by atoms with Crippen molar-refractivity contribution in [2.24, 2.45) is 5.92 Å². The van der Waals surface area contributed by atoms with Crippen molar-refractivity contribution in [3.8, 4) is 5.75 Å². The fourth-order valence-corrected chi connectivity index (χ4v) is 5.10. The van der Waals surface area contributed by atoms with Crippen molar-refractivity contribution >= 4 is 50.7 Å². The average Bonchev–Trinajstić information content (AvgIpc) is 2.82. The van der Waals surface area contributed by atoms with E-state index >= 15 is 0 Å². The quantitative estimate of drug-likeness (QED) is 0.374. The second kappa shape index (κ2) is 13.9. The summed E-state index contributed by atoms with van der Waals surface area (Å²) < 4.78 is 31.3. The molecule has 2 amide bonds. The molecular weight excluding hydrogens is 537 g/mol. The van der Waals surface area contributed by atoms with E-state index in [2.05, 4.69) is 5.32 Å². The van der Waals surface area contributed by atoms with Crippen molar-refractivity contribution in [2.75, 3.05) is 30.8 Å². The second-order valence-corrected chi connectivity index (χ2v) is 12.0. The number of benzene rings is 2. The van der Waals surface area contributed by atoms with Crippen LogP contribution in [0.2, 0.25) is 10.0 Å². The number of nitrogens with one attached hydrogen (secondary N) is 1. The third-order valence-electron chi connectivity index (χ3n) is 5.67. The zero-order chi connectivity index (χ0) is 27.8. The molecule has 1 unspecified atom stereocenters. The van der Waals surface area contributed by atoms with Gasteiger partial charge in [0.05, 0.1) is 24.1 Å². The minimum Gasteiger partial charge on any atom is -0.495 e. The van der Waals surface area contributed by atoms with Gasteiger partial charge >= 0.3 is 0 Å². The van der Waals surface area contributed by atoms with Gasteiger partial charge in [0.25, 0.3) is 0 Å². The highest BCUT2D eigenvalue weighted by Gasteiger charge is 2.27. The molecule has 0 fully saturated rings. The molecular formula is C26H35Cl2N3O5S. The summed E-state index contributed by atoms with van der Waals surface area (Å²) in [4.78, 5) is 27.6. The number of amides is 2. The summed E-state index contributed by atoms with van der Waals surface area (Å²) in [7, 11) is -2.17. The summed E-state index contributed by atoms with van der Waals surface area (Å²) in [6.45, 7) is 6.41. The highest BCUT2D eigenvalue weighted by molar-refractivity contribution is 7.92. The largest absolute Gasteiger partial charge is 0.495 e. The lowest BCUT2D eigenvalue weighted by Crippen LogP contribution is -2.48. The number of rotatable bonds is 13. The third-order valence-corrected chi connectivity index (χ3v) is 7.39. The lowest BCUT2D eigenvalue weighted by atomic mass is 10.1. The molecule has 0 spiro atoms. The van der Waals surface area contributed by atoms with Crippen LogP contribution in [0.25, 0.3) is 0 Å². The maximum absolute atomic E-state index is 13.3. The molecule has 0 aliphatic rings. The molecule has 11 heteroatoms. The number of hydrogen-bond acceptors (Lipinski definition) is 5. The molecule has 204 valence electrons. The van der Waals surface area contributed by atoms with Crippen LogP contribution in [0.4, 0.5) is 5.69 Å². The molecule has 2 rings (SSSR count). The Morgan fingerprint density at radius 1 is 1.08 bits per heavy atom. The monoisotopic (exact) mass is 571 g/mol. The van der Waals surface area contributed by atoms with E-state index in [4.69, 9.17) is 27.9 Å². The Morgan fingerprint density at radius 2 is 1.78 bits per heavy atom. The Morgan fingerprint density at radius 3 is 2.35 bits per heavy atom. The number of carbonyl (C=O) groups is 2. The van der Waals surface area contributed by atoms with Crippen molar-refractivity contribution in [3.05, 3.63) is 58.1 Å². The summed E-state index contributed by atoms with van der Waals surface area (Å²) in [5, 5.41) is 3.68. The Hall–Kier alpha value is -2.49. The van der Waals surface area contributed by atoms with Crippen LogP contribution in [0.3, 0.4) is 0 Å². The summed E-state index contributed by atoms with van der Waals surface area (Å²) in [6.07, 6.45) is 1.37. The van der Waals surface area contributed by atoms with Gasteiger partial charge in [-0.2, -0.15) is 0 Å². The zero-order valence-electron chi connectivity index (χ0n) is 21.8. The molecule has 0 aliphatic carbocycles. The topological polar surface area (TPSA) is 96.0 Å². The van der Waals surface area contributed by atoms with E-state index in [0.29, 0.717) is 23.0 Å². The molecule has 2 aromatic rings. The van der Waals surface area contributed by atoms with Crippen molar-refractivity contribution in [1.82, 2.24) is 10.2 Å².